The lowest BCUT2D eigenvalue weighted by molar-refractivity contribution is -0.138. The van der Waals surface area contributed by atoms with E-state index in [4.69, 9.17) is 9.84 Å². The minimum atomic E-state index is -0.801. The number of aromatic hydroxyl groups is 1. The first-order valence-electron chi connectivity index (χ1n) is 6.89. The molecule has 6 heteroatoms. The van der Waals surface area contributed by atoms with Gasteiger partial charge in [-0.2, -0.15) is 0 Å². The molecule has 6 nitrogen and oxygen atoms in total. The Balaban J connectivity index is 2.03. The third kappa shape index (κ3) is 3.65. The molecule has 1 fully saturated rings. The van der Waals surface area contributed by atoms with E-state index in [0.717, 1.165) is 0 Å². The monoisotopic (exact) mass is 293 g/mol. The van der Waals surface area contributed by atoms with Gasteiger partial charge in [-0.05, 0) is 37.0 Å². The highest BCUT2D eigenvalue weighted by Gasteiger charge is 2.26. The molecule has 1 saturated heterocycles. The number of carboxylic acid groups (broad SMARTS) is 1. The first-order valence-corrected chi connectivity index (χ1v) is 6.89. The Kier molecular flexibility index (Phi) is 4.67. The summed E-state index contributed by atoms with van der Waals surface area (Å²) in [6, 6.07) is 4.54. The van der Waals surface area contributed by atoms with E-state index in [0.29, 0.717) is 31.7 Å². The summed E-state index contributed by atoms with van der Waals surface area (Å²) < 4.78 is 5.06. The van der Waals surface area contributed by atoms with Crippen LogP contribution in [-0.2, 0) is 4.79 Å². The summed E-state index contributed by atoms with van der Waals surface area (Å²) in [6.45, 7) is 1.01. The lowest BCUT2D eigenvalue weighted by Crippen LogP contribution is -2.38. The van der Waals surface area contributed by atoms with E-state index < -0.39 is 5.97 Å². The maximum atomic E-state index is 12.4. The van der Waals surface area contributed by atoms with Crippen LogP contribution in [0.2, 0.25) is 0 Å². The van der Waals surface area contributed by atoms with Crippen LogP contribution in [-0.4, -0.2) is 47.2 Å². The fraction of sp³-hybridized carbons (Fsp3) is 0.467. The molecule has 1 heterocycles. The average Bonchev–Trinajstić information content (AvgIpc) is 2.47. The molecule has 1 aromatic rings. The maximum Gasteiger partial charge on any atom is 0.303 e. The number of rotatable bonds is 4. The van der Waals surface area contributed by atoms with Gasteiger partial charge in [0.15, 0.2) is 0 Å². The van der Waals surface area contributed by atoms with Crippen molar-refractivity contribution in [2.45, 2.75) is 19.3 Å². The molecule has 1 aliphatic rings. The van der Waals surface area contributed by atoms with Gasteiger partial charge in [0.25, 0.3) is 5.91 Å². The van der Waals surface area contributed by atoms with Crippen LogP contribution in [0.25, 0.3) is 0 Å². The summed E-state index contributed by atoms with van der Waals surface area (Å²) in [6.07, 6.45) is 1.48. The highest BCUT2D eigenvalue weighted by atomic mass is 16.5. The van der Waals surface area contributed by atoms with E-state index in [1.807, 2.05) is 0 Å². The van der Waals surface area contributed by atoms with Gasteiger partial charge in [-0.3, -0.25) is 9.59 Å². The number of likely N-dealkylation sites (tertiary alicyclic amines) is 1. The Morgan fingerprint density at radius 3 is 2.57 bits per heavy atom. The molecule has 114 valence electrons. The standard InChI is InChI=1S/C15H19NO5/c1-21-11-2-3-13(17)12(9-11)15(20)16-6-4-10(5-7-16)8-14(18)19/h2-3,9-10,17H,4-8H2,1H3,(H,18,19). The highest BCUT2D eigenvalue weighted by Crippen LogP contribution is 2.27. The number of hydrogen-bond acceptors (Lipinski definition) is 4. The summed E-state index contributed by atoms with van der Waals surface area (Å²) in [5.74, 6) is -0.499. The van der Waals surface area contributed by atoms with E-state index in [-0.39, 0.29) is 29.6 Å². The van der Waals surface area contributed by atoms with Gasteiger partial charge in [-0.1, -0.05) is 0 Å². The average molecular weight is 293 g/mol. The van der Waals surface area contributed by atoms with E-state index in [2.05, 4.69) is 0 Å². The van der Waals surface area contributed by atoms with Gasteiger partial charge in [0.05, 0.1) is 12.7 Å². The fourth-order valence-electron chi connectivity index (χ4n) is 2.57. The molecule has 0 unspecified atom stereocenters. The van der Waals surface area contributed by atoms with Crippen molar-refractivity contribution in [1.82, 2.24) is 4.90 Å². The molecule has 0 radical (unpaired) electrons. The second-order valence-corrected chi connectivity index (χ2v) is 5.22. The van der Waals surface area contributed by atoms with Gasteiger partial charge in [-0.15, -0.1) is 0 Å². The van der Waals surface area contributed by atoms with Crippen LogP contribution in [0.5, 0.6) is 11.5 Å². The minimum Gasteiger partial charge on any atom is -0.507 e. The van der Waals surface area contributed by atoms with Crippen molar-refractivity contribution in [1.29, 1.82) is 0 Å². The van der Waals surface area contributed by atoms with Crippen molar-refractivity contribution in [2.24, 2.45) is 5.92 Å². The van der Waals surface area contributed by atoms with Gasteiger partial charge in [0, 0.05) is 19.5 Å². The molecule has 2 N–H and O–H groups in total. The van der Waals surface area contributed by atoms with Crippen molar-refractivity contribution in [2.75, 3.05) is 20.2 Å². The molecular weight excluding hydrogens is 274 g/mol. The SMILES string of the molecule is COc1ccc(O)c(C(=O)N2CCC(CC(=O)O)CC2)c1. The molecular formula is C15H19NO5. The van der Waals surface area contributed by atoms with Crippen molar-refractivity contribution in [3.05, 3.63) is 23.8 Å². The molecule has 0 bridgehead atoms. The number of carboxylic acids is 1. The zero-order chi connectivity index (χ0) is 15.4. The second kappa shape index (κ2) is 6.47. The molecule has 1 aliphatic heterocycles. The van der Waals surface area contributed by atoms with Crippen molar-refractivity contribution >= 4 is 11.9 Å². The van der Waals surface area contributed by atoms with Gasteiger partial charge in [-0.25, -0.2) is 0 Å². The van der Waals surface area contributed by atoms with Crippen LogP contribution in [0.1, 0.15) is 29.6 Å². The van der Waals surface area contributed by atoms with Crippen LogP contribution in [0.15, 0.2) is 18.2 Å². The normalized spacial score (nSPS) is 15.8. The lowest BCUT2D eigenvalue weighted by Gasteiger charge is -2.31. The van der Waals surface area contributed by atoms with Crippen molar-refractivity contribution in [3.63, 3.8) is 0 Å². The predicted molar refractivity (Wildman–Crippen MR) is 75.5 cm³/mol. The van der Waals surface area contributed by atoms with Gasteiger partial charge < -0.3 is 19.8 Å². The number of ether oxygens (including phenoxy) is 1. The lowest BCUT2D eigenvalue weighted by atomic mass is 9.93. The van der Waals surface area contributed by atoms with Gasteiger partial charge >= 0.3 is 5.97 Å². The minimum absolute atomic E-state index is 0.0755. The van der Waals surface area contributed by atoms with E-state index in [1.54, 1.807) is 11.0 Å². The molecule has 0 saturated carbocycles. The number of amides is 1. The number of methoxy groups -OCH3 is 1. The Labute approximate surface area is 122 Å². The number of carbonyl (C=O) groups excluding carboxylic acids is 1. The first-order chi connectivity index (χ1) is 10.0. The van der Waals surface area contributed by atoms with Crippen molar-refractivity contribution < 1.29 is 24.5 Å². The third-order valence-corrected chi connectivity index (χ3v) is 3.80. The number of hydrogen-bond donors (Lipinski definition) is 2. The molecule has 0 spiro atoms. The maximum absolute atomic E-state index is 12.4. The van der Waals surface area contributed by atoms with E-state index >= 15 is 0 Å². The van der Waals surface area contributed by atoms with Crippen LogP contribution in [0.4, 0.5) is 0 Å². The zero-order valence-corrected chi connectivity index (χ0v) is 11.9. The number of phenols is 1. The fourth-order valence-corrected chi connectivity index (χ4v) is 2.57. The summed E-state index contributed by atoms with van der Waals surface area (Å²) >= 11 is 0. The number of nitrogens with zero attached hydrogens (tertiary/aromatic N) is 1. The predicted octanol–water partition coefficient (Wildman–Crippen LogP) is 1.73. The summed E-state index contributed by atoms with van der Waals surface area (Å²) in [4.78, 5) is 24.7. The molecule has 0 aliphatic carbocycles. The number of benzene rings is 1. The molecule has 2 rings (SSSR count). The summed E-state index contributed by atoms with van der Waals surface area (Å²) in [5, 5.41) is 18.6. The molecule has 0 aromatic heterocycles. The highest BCUT2D eigenvalue weighted by molar-refractivity contribution is 5.97. The molecule has 1 aromatic carbocycles. The molecule has 0 atom stereocenters. The zero-order valence-electron chi connectivity index (χ0n) is 11.9. The Morgan fingerprint density at radius 2 is 2.00 bits per heavy atom. The Morgan fingerprint density at radius 1 is 1.33 bits per heavy atom. The second-order valence-electron chi connectivity index (χ2n) is 5.22. The number of aliphatic carboxylic acids is 1. The van der Waals surface area contributed by atoms with E-state index in [1.165, 1.54) is 19.2 Å². The van der Waals surface area contributed by atoms with Crippen LogP contribution in [0.3, 0.4) is 0 Å². The summed E-state index contributed by atoms with van der Waals surface area (Å²) in [5.41, 5.74) is 0.214. The van der Waals surface area contributed by atoms with Crippen LogP contribution in [0, 0.1) is 5.92 Å². The van der Waals surface area contributed by atoms with Gasteiger partial charge in [0.1, 0.15) is 11.5 Å². The quantitative estimate of drug-likeness (QED) is 0.882. The first kappa shape index (κ1) is 15.2. The molecule has 1 amide bonds. The van der Waals surface area contributed by atoms with E-state index in [9.17, 15) is 14.7 Å². The number of piperidine rings is 1. The topological polar surface area (TPSA) is 87.1 Å². The van der Waals surface area contributed by atoms with Gasteiger partial charge in [0.2, 0.25) is 0 Å². The van der Waals surface area contributed by atoms with Crippen molar-refractivity contribution in [3.8, 4) is 11.5 Å². The smallest absolute Gasteiger partial charge is 0.303 e. The molecule has 21 heavy (non-hydrogen) atoms. The number of carbonyl (C=O) groups is 2. The van der Waals surface area contributed by atoms with Crippen LogP contribution < -0.4 is 4.74 Å². The largest absolute Gasteiger partial charge is 0.507 e. The summed E-state index contributed by atoms with van der Waals surface area (Å²) in [7, 11) is 1.50. The Bertz CT molecular complexity index is 535. The van der Waals surface area contributed by atoms with Crippen LogP contribution >= 0.6 is 0 Å². The third-order valence-electron chi connectivity index (χ3n) is 3.80. The Hall–Kier alpha value is -2.24. The number of phenolic OH excluding ortho intramolecular Hbond substituents is 1.